The maximum absolute atomic E-state index is 11.9. The van der Waals surface area contributed by atoms with Gasteiger partial charge < -0.3 is 4.74 Å². The van der Waals surface area contributed by atoms with Gasteiger partial charge in [0.1, 0.15) is 17.6 Å². The van der Waals surface area contributed by atoms with E-state index in [-0.39, 0.29) is 16.9 Å². The van der Waals surface area contributed by atoms with Crippen molar-refractivity contribution in [2.24, 2.45) is 5.41 Å². The molecule has 0 heterocycles. The summed E-state index contributed by atoms with van der Waals surface area (Å²) in [6.07, 6.45) is 1.40. The Morgan fingerprint density at radius 2 is 2.00 bits per heavy atom. The van der Waals surface area contributed by atoms with E-state index in [4.69, 9.17) is 4.74 Å². The fourth-order valence-corrected chi connectivity index (χ4v) is 2.77. The Kier molecular flexibility index (Phi) is 3.70. The van der Waals surface area contributed by atoms with E-state index in [2.05, 4.69) is 52.8 Å². The zero-order chi connectivity index (χ0) is 15.1. The van der Waals surface area contributed by atoms with Crippen LogP contribution < -0.4 is 4.74 Å². The van der Waals surface area contributed by atoms with Crippen LogP contribution in [0, 0.1) is 12.3 Å². The zero-order valence-corrected chi connectivity index (χ0v) is 13.5. The second-order valence-corrected chi connectivity index (χ2v) is 7.25. The second-order valence-electron chi connectivity index (χ2n) is 7.25. The summed E-state index contributed by atoms with van der Waals surface area (Å²) in [4.78, 5) is 11.9. The normalized spacial score (nSPS) is 26.3. The van der Waals surface area contributed by atoms with Crippen molar-refractivity contribution in [2.75, 3.05) is 0 Å². The molecule has 110 valence electrons. The molecule has 1 aliphatic carbocycles. The molecule has 0 radical (unpaired) electrons. The minimum atomic E-state index is -0.307. The van der Waals surface area contributed by atoms with Crippen molar-refractivity contribution in [3.63, 3.8) is 0 Å². The summed E-state index contributed by atoms with van der Waals surface area (Å²) in [5, 5.41) is 0. The third kappa shape index (κ3) is 2.48. The molecule has 2 atom stereocenters. The number of carbonyl (C=O) groups excluding carboxylic acids is 1. The molecular formula is C18H26O2. The van der Waals surface area contributed by atoms with Gasteiger partial charge >= 0.3 is 0 Å². The van der Waals surface area contributed by atoms with Gasteiger partial charge in [0.2, 0.25) is 0 Å². The molecule has 0 aliphatic heterocycles. The van der Waals surface area contributed by atoms with Crippen LogP contribution in [-0.2, 0) is 10.2 Å². The van der Waals surface area contributed by atoms with Gasteiger partial charge in [0, 0.05) is 6.42 Å². The lowest BCUT2D eigenvalue weighted by molar-refractivity contribution is -0.150. The molecule has 2 nitrogen and oxygen atoms in total. The molecule has 2 rings (SSSR count). The predicted molar refractivity (Wildman–Crippen MR) is 82.3 cm³/mol. The highest BCUT2D eigenvalue weighted by Crippen LogP contribution is 2.44. The smallest absolute Gasteiger partial charge is 0.146 e. The lowest BCUT2D eigenvalue weighted by Crippen LogP contribution is -2.54. The van der Waals surface area contributed by atoms with E-state index in [0.717, 1.165) is 12.2 Å². The quantitative estimate of drug-likeness (QED) is 0.815. The number of hydrogen-bond donors (Lipinski definition) is 0. The van der Waals surface area contributed by atoms with Gasteiger partial charge in [-0.1, -0.05) is 39.8 Å². The van der Waals surface area contributed by atoms with E-state index in [1.807, 2.05) is 6.92 Å². The van der Waals surface area contributed by atoms with Crippen LogP contribution in [0.5, 0.6) is 5.75 Å². The molecule has 1 saturated carbocycles. The molecule has 0 amide bonds. The van der Waals surface area contributed by atoms with E-state index < -0.39 is 0 Å². The Hall–Kier alpha value is -1.31. The SMILES string of the molecule is CCC1(C)C(=O)CC1Oc1cc(C)ccc1C(C)(C)C. The van der Waals surface area contributed by atoms with E-state index in [1.165, 1.54) is 11.1 Å². The van der Waals surface area contributed by atoms with E-state index in [9.17, 15) is 4.79 Å². The molecule has 0 bridgehead atoms. The van der Waals surface area contributed by atoms with Crippen molar-refractivity contribution in [1.82, 2.24) is 0 Å². The summed E-state index contributed by atoms with van der Waals surface area (Å²) in [7, 11) is 0. The number of ketones is 1. The average Bonchev–Trinajstić information content (AvgIpc) is 2.36. The minimum Gasteiger partial charge on any atom is -0.489 e. The van der Waals surface area contributed by atoms with Crippen molar-refractivity contribution >= 4 is 5.78 Å². The Labute approximate surface area is 122 Å². The van der Waals surface area contributed by atoms with Crippen LogP contribution in [0.3, 0.4) is 0 Å². The standard InChI is InChI=1S/C18H26O2/c1-7-18(6)15(19)11-16(18)20-14-10-12(2)8-9-13(14)17(3,4)5/h8-10,16H,7,11H2,1-6H3. The summed E-state index contributed by atoms with van der Waals surface area (Å²) in [6.45, 7) is 12.7. The summed E-state index contributed by atoms with van der Waals surface area (Å²) >= 11 is 0. The van der Waals surface area contributed by atoms with Crippen LogP contribution in [0.2, 0.25) is 0 Å². The number of Topliss-reactive ketones (excluding diaryl/α,β-unsaturated/α-hetero) is 1. The Balaban J connectivity index is 2.30. The van der Waals surface area contributed by atoms with Gasteiger partial charge in [-0.3, -0.25) is 4.79 Å². The van der Waals surface area contributed by atoms with Crippen LogP contribution >= 0.6 is 0 Å². The summed E-state index contributed by atoms with van der Waals surface area (Å²) in [5.41, 5.74) is 2.14. The Morgan fingerprint density at radius 1 is 1.35 bits per heavy atom. The Morgan fingerprint density at radius 3 is 2.50 bits per heavy atom. The van der Waals surface area contributed by atoms with Gasteiger partial charge in [0.05, 0.1) is 5.41 Å². The van der Waals surface area contributed by atoms with Crippen molar-refractivity contribution < 1.29 is 9.53 Å². The third-order valence-electron chi connectivity index (χ3n) is 4.67. The number of benzene rings is 1. The molecule has 0 spiro atoms. The van der Waals surface area contributed by atoms with Crippen molar-refractivity contribution in [1.29, 1.82) is 0 Å². The zero-order valence-electron chi connectivity index (χ0n) is 13.5. The lowest BCUT2D eigenvalue weighted by Gasteiger charge is -2.44. The predicted octanol–water partition coefficient (Wildman–Crippen LogP) is 4.43. The highest BCUT2D eigenvalue weighted by atomic mass is 16.5. The maximum atomic E-state index is 11.9. The van der Waals surface area contributed by atoms with Crippen LogP contribution in [0.15, 0.2) is 18.2 Å². The molecule has 2 heteroatoms. The number of rotatable bonds is 3. The summed E-state index contributed by atoms with van der Waals surface area (Å²) in [5.74, 6) is 1.27. The van der Waals surface area contributed by atoms with E-state index in [1.54, 1.807) is 0 Å². The number of aryl methyl sites for hydroxylation is 1. The van der Waals surface area contributed by atoms with Crippen molar-refractivity contribution in [3.05, 3.63) is 29.3 Å². The van der Waals surface area contributed by atoms with Gasteiger partial charge in [0.25, 0.3) is 0 Å². The van der Waals surface area contributed by atoms with Gasteiger partial charge in [-0.05, 0) is 42.9 Å². The van der Waals surface area contributed by atoms with Gasteiger partial charge in [-0.15, -0.1) is 0 Å². The van der Waals surface area contributed by atoms with Crippen molar-refractivity contribution in [2.45, 2.75) is 65.9 Å². The molecule has 1 fully saturated rings. The highest BCUT2D eigenvalue weighted by Gasteiger charge is 2.51. The Bertz CT molecular complexity index is 525. The van der Waals surface area contributed by atoms with Gasteiger partial charge in [0.15, 0.2) is 0 Å². The highest BCUT2D eigenvalue weighted by molar-refractivity contribution is 5.92. The maximum Gasteiger partial charge on any atom is 0.146 e. The lowest BCUT2D eigenvalue weighted by atomic mass is 9.64. The molecule has 20 heavy (non-hydrogen) atoms. The van der Waals surface area contributed by atoms with Gasteiger partial charge in [-0.2, -0.15) is 0 Å². The number of carbonyl (C=O) groups is 1. The van der Waals surface area contributed by atoms with Gasteiger partial charge in [-0.25, -0.2) is 0 Å². The second kappa shape index (κ2) is 4.91. The minimum absolute atomic E-state index is 0.0166. The van der Waals surface area contributed by atoms with Crippen LogP contribution in [0.1, 0.15) is 58.6 Å². The first-order valence-electron chi connectivity index (χ1n) is 7.49. The van der Waals surface area contributed by atoms with Crippen LogP contribution in [0.25, 0.3) is 0 Å². The van der Waals surface area contributed by atoms with E-state index in [0.29, 0.717) is 12.2 Å². The third-order valence-corrected chi connectivity index (χ3v) is 4.67. The molecule has 1 aromatic rings. The average molecular weight is 274 g/mol. The summed E-state index contributed by atoms with van der Waals surface area (Å²) < 4.78 is 6.24. The molecule has 0 aromatic heterocycles. The molecule has 0 saturated heterocycles. The van der Waals surface area contributed by atoms with E-state index >= 15 is 0 Å². The topological polar surface area (TPSA) is 26.3 Å². The first-order chi connectivity index (χ1) is 9.18. The number of hydrogen-bond acceptors (Lipinski definition) is 2. The molecule has 2 unspecified atom stereocenters. The fourth-order valence-electron chi connectivity index (χ4n) is 2.77. The molecule has 1 aromatic carbocycles. The monoisotopic (exact) mass is 274 g/mol. The fraction of sp³-hybridized carbons (Fsp3) is 0.611. The number of ether oxygens (including phenoxy) is 1. The molecule has 1 aliphatic rings. The molecule has 0 N–H and O–H groups in total. The van der Waals surface area contributed by atoms with Crippen molar-refractivity contribution in [3.8, 4) is 5.75 Å². The first kappa shape index (κ1) is 15.1. The van der Waals surface area contributed by atoms with Crippen LogP contribution in [-0.4, -0.2) is 11.9 Å². The first-order valence-corrected chi connectivity index (χ1v) is 7.49. The largest absolute Gasteiger partial charge is 0.489 e. The van der Waals surface area contributed by atoms with Crippen LogP contribution in [0.4, 0.5) is 0 Å². The molecular weight excluding hydrogens is 248 g/mol. The summed E-state index contributed by atoms with van der Waals surface area (Å²) in [6, 6.07) is 6.37.